The summed E-state index contributed by atoms with van der Waals surface area (Å²) in [5.41, 5.74) is 6.85. The fourth-order valence-electron chi connectivity index (χ4n) is 3.39. The highest BCUT2D eigenvalue weighted by atomic mass is 35.5. The van der Waals surface area contributed by atoms with Gasteiger partial charge in [0.25, 0.3) is 0 Å². The number of benzene rings is 2. The zero-order chi connectivity index (χ0) is 19.4. The van der Waals surface area contributed by atoms with E-state index in [1.54, 1.807) is 0 Å². The van der Waals surface area contributed by atoms with E-state index < -0.39 is 16.9 Å². The van der Waals surface area contributed by atoms with Gasteiger partial charge in [0.15, 0.2) is 0 Å². The minimum Gasteiger partial charge on any atom is -0.341 e. The number of thioether (sulfide) groups is 1. The van der Waals surface area contributed by atoms with Crippen LogP contribution in [0.2, 0.25) is 0 Å². The molecule has 0 aliphatic carbocycles. The van der Waals surface area contributed by atoms with Crippen molar-refractivity contribution in [3.63, 3.8) is 0 Å². The highest BCUT2D eigenvalue weighted by Gasteiger charge is 2.32. The van der Waals surface area contributed by atoms with Crippen LogP contribution in [-0.4, -0.2) is 29.9 Å². The summed E-state index contributed by atoms with van der Waals surface area (Å²) in [4.78, 5) is 15.4. The van der Waals surface area contributed by atoms with Crippen molar-refractivity contribution < 1.29 is 13.6 Å². The van der Waals surface area contributed by atoms with E-state index >= 15 is 0 Å². The minimum absolute atomic E-state index is 0. The molecule has 7 heteroatoms. The first kappa shape index (κ1) is 22.7. The lowest BCUT2D eigenvalue weighted by Crippen LogP contribution is -2.46. The van der Waals surface area contributed by atoms with Crippen LogP contribution < -0.4 is 5.73 Å². The molecule has 1 aliphatic heterocycles. The van der Waals surface area contributed by atoms with Gasteiger partial charge in [0.2, 0.25) is 5.91 Å². The van der Waals surface area contributed by atoms with Gasteiger partial charge >= 0.3 is 0 Å². The summed E-state index contributed by atoms with van der Waals surface area (Å²) < 4.78 is 27.4. The molecule has 3 rings (SSSR count). The van der Waals surface area contributed by atoms with Crippen LogP contribution in [0.1, 0.15) is 30.6 Å². The topological polar surface area (TPSA) is 46.3 Å². The van der Waals surface area contributed by atoms with Crippen molar-refractivity contribution in [2.24, 2.45) is 11.7 Å². The first-order valence-electron chi connectivity index (χ1n) is 9.16. The van der Waals surface area contributed by atoms with Crippen molar-refractivity contribution >= 4 is 30.1 Å². The quantitative estimate of drug-likeness (QED) is 0.698. The second-order valence-corrected chi connectivity index (χ2v) is 8.18. The van der Waals surface area contributed by atoms with Crippen molar-refractivity contribution in [2.45, 2.75) is 36.0 Å². The summed E-state index contributed by atoms with van der Waals surface area (Å²) in [6, 6.07) is 12.8. The van der Waals surface area contributed by atoms with E-state index in [1.807, 2.05) is 42.2 Å². The van der Waals surface area contributed by atoms with E-state index in [1.165, 1.54) is 12.1 Å². The van der Waals surface area contributed by atoms with Gasteiger partial charge in [0.05, 0.1) is 0 Å². The Labute approximate surface area is 175 Å². The Bertz CT molecular complexity index is 791. The third-order valence-corrected chi connectivity index (χ3v) is 6.27. The smallest absolute Gasteiger partial charge is 0.240 e. The SMILES string of the molecule is CC(N)C1CCCN(C(=O)C(Sc2ccc(F)cc2F)c2ccccc2)C1.Cl. The van der Waals surface area contributed by atoms with Crippen molar-refractivity contribution in [3.05, 3.63) is 65.7 Å². The molecule has 28 heavy (non-hydrogen) atoms. The summed E-state index contributed by atoms with van der Waals surface area (Å²) in [7, 11) is 0. The second kappa shape index (κ2) is 10.2. The van der Waals surface area contributed by atoms with E-state index in [0.29, 0.717) is 13.1 Å². The Morgan fingerprint density at radius 2 is 1.93 bits per heavy atom. The molecule has 1 amide bonds. The minimum atomic E-state index is -0.652. The fourth-order valence-corrected chi connectivity index (χ4v) is 4.51. The van der Waals surface area contributed by atoms with Gasteiger partial charge in [-0.05, 0) is 43.4 Å². The highest BCUT2D eigenvalue weighted by molar-refractivity contribution is 8.00. The number of nitrogens with two attached hydrogens (primary N) is 1. The van der Waals surface area contributed by atoms with Crippen LogP contribution in [0.3, 0.4) is 0 Å². The van der Waals surface area contributed by atoms with Crippen molar-refractivity contribution in [1.82, 2.24) is 4.90 Å². The lowest BCUT2D eigenvalue weighted by atomic mass is 9.92. The molecule has 2 aromatic carbocycles. The van der Waals surface area contributed by atoms with E-state index in [-0.39, 0.29) is 35.2 Å². The molecule has 2 N–H and O–H groups in total. The van der Waals surface area contributed by atoms with Gasteiger partial charge in [-0.2, -0.15) is 0 Å². The normalized spacial score (nSPS) is 18.9. The number of halogens is 3. The molecule has 152 valence electrons. The van der Waals surface area contributed by atoms with Crippen LogP contribution in [0.15, 0.2) is 53.4 Å². The van der Waals surface area contributed by atoms with Crippen molar-refractivity contribution in [1.29, 1.82) is 0 Å². The van der Waals surface area contributed by atoms with E-state index in [0.717, 1.165) is 36.2 Å². The number of hydrogen-bond acceptors (Lipinski definition) is 3. The molecule has 3 nitrogen and oxygen atoms in total. The van der Waals surface area contributed by atoms with Crippen LogP contribution in [0.5, 0.6) is 0 Å². The Balaban J connectivity index is 0.00000280. The average Bonchev–Trinajstić information content (AvgIpc) is 2.67. The number of hydrogen-bond donors (Lipinski definition) is 1. The summed E-state index contributed by atoms with van der Waals surface area (Å²) >= 11 is 1.12. The summed E-state index contributed by atoms with van der Waals surface area (Å²) in [6.45, 7) is 3.26. The Morgan fingerprint density at radius 3 is 2.57 bits per heavy atom. The molecular formula is C21H25ClF2N2OS. The van der Waals surface area contributed by atoms with Gasteiger partial charge in [-0.25, -0.2) is 8.78 Å². The number of carbonyl (C=O) groups excluding carboxylic acids is 1. The molecule has 0 bridgehead atoms. The molecule has 0 radical (unpaired) electrons. The van der Waals surface area contributed by atoms with Gasteiger partial charge in [-0.15, -0.1) is 24.2 Å². The number of nitrogens with zero attached hydrogens (tertiary/aromatic N) is 1. The number of rotatable bonds is 5. The van der Waals surface area contributed by atoms with Gasteiger partial charge in [-0.1, -0.05) is 30.3 Å². The molecule has 0 aromatic heterocycles. The zero-order valence-electron chi connectivity index (χ0n) is 15.7. The molecule has 1 heterocycles. The zero-order valence-corrected chi connectivity index (χ0v) is 17.3. The molecule has 2 aromatic rings. The number of carbonyl (C=O) groups is 1. The summed E-state index contributed by atoms with van der Waals surface area (Å²) in [6.07, 6.45) is 1.92. The fraction of sp³-hybridized carbons (Fsp3) is 0.381. The average molecular weight is 427 g/mol. The first-order valence-corrected chi connectivity index (χ1v) is 10.0. The molecule has 1 saturated heterocycles. The van der Waals surface area contributed by atoms with E-state index in [4.69, 9.17) is 5.73 Å². The molecule has 0 saturated carbocycles. The Hall–Kier alpha value is -1.63. The van der Waals surface area contributed by atoms with Crippen LogP contribution in [0, 0.1) is 17.6 Å². The molecule has 1 fully saturated rings. The predicted octanol–water partition coefficient (Wildman–Crippen LogP) is 4.81. The lowest BCUT2D eigenvalue weighted by Gasteiger charge is -2.36. The molecule has 1 aliphatic rings. The lowest BCUT2D eigenvalue weighted by molar-refractivity contribution is -0.132. The molecule has 3 unspecified atom stereocenters. The molecular weight excluding hydrogens is 402 g/mol. The number of amides is 1. The van der Waals surface area contributed by atoms with Crippen molar-refractivity contribution in [3.8, 4) is 0 Å². The van der Waals surface area contributed by atoms with E-state index in [9.17, 15) is 13.6 Å². The van der Waals surface area contributed by atoms with Gasteiger partial charge in [0.1, 0.15) is 16.9 Å². The largest absolute Gasteiger partial charge is 0.341 e. The van der Waals surface area contributed by atoms with Crippen LogP contribution in [0.4, 0.5) is 8.78 Å². The molecule has 0 spiro atoms. The summed E-state index contributed by atoms with van der Waals surface area (Å²) in [5.74, 6) is -1.07. The van der Waals surface area contributed by atoms with Crippen LogP contribution in [0.25, 0.3) is 0 Å². The maximum absolute atomic E-state index is 14.2. The van der Waals surface area contributed by atoms with Gasteiger partial charge < -0.3 is 10.6 Å². The number of piperidine rings is 1. The Morgan fingerprint density at radius 1 is 1.21 bits per heavy atom. The third-order valence-electron chi connectivity index (χ3n) is 4.98. The Kier molecular flexibility index (Phi) is 8.28. The standard InChI is InChI=1S/C21H24F2N2OS.ClH/c1-14(24)16-8-5-11-25(13-16)21(26)20(15-6-3-2-4-7-15)27-19-10-9-17(22)12-18(19)23;/h2-4,6-7,9-10,12,14,16,20H,5,8,11,13,24H2,1H3;1H. The monoisotopic (exact) mass is 426 g/mol. The predicted molar refractivity (Wildman–Crippen MR) is 112 cm³/mol. The maximum Gasteiger partial charge on any atom is 0.240 e. The van der Waals surface area contributed by atoms with Crippen LogP contribution in [-0.2, 0) is 4.79 Å². The maximum atomic E-state index is 14.2. The van der Waals surface area contributed by atoms with Crippen LogP contribution >= 0.6 is 24.2 Å². The summed E-state index contributed by atoms with van der Waals surface area (Å²) in [5, 5.41) is -0.585. The second-order valence-electron chi connectivity index (χ2n) is 7.03. The third kappa shape index (κ3) is 5.46. The molecule has 3 atom stereocenters. The first-order chi connectivity index (χ1) is 13.0. The highest BCUT2D eigenvalue weighted by Crippen LogP contribution is 2.39. The van der Waals surface area contributed by atoms with E-state index in [2.05, 4.69) is 0 Å². The number of likely N-dealkylation sites (tertiary alicyclic amines) is 1. The van der Waals surface area contributed by atoms with Crippen molar-refractivity contribution in [2.75, 3.05) is 13.1 Å². The van der Waals surface area contributed by atoms with Gasteiger partial charge in [-0.3, -0.25) is 4.79 Å². The van der Waals surface area contributed by atoms with Gasteiger partial charge in [0, 0.05) is 30.1 Å².